The highest BCUT2D eigenvalue weighted by molar-refractivity contribution is 6.47. The molecule has 0 aliphatic carbocycles. The predicted octanol–water partition coefficient (Wildman–Crippen LogP) is 2.02. The lowest BCUT2D eigenvalue weighted by atomic mass is 10.1. The van der Waals surface area contributed by atoms with Crippen LogP contribution in [0.2, 0.25) is 0 Å². The number of rotatable bonds is 4. The van der Waals surface area contributed by atoms with Crippen molar-refractivity contribution in [2.75, 3.05) is 0 Å². The van der Waals surface area contributed by atoms with Gasteiger partial charge in [0.05, 0.1) is 0 Å². The third-order valence-electron chi connectivity index (χ3n) is 3.14. The first kappa shape index (κ1) is 16.1. The zero-order valence-electron chi connectivity index (χ0n) is 12.3. The first-order valence-electron chi connectivity index (χ1n) is 6.77. The molecule has 23 heavy (non-hydrogen) atoms. The molecular formula is C17H14N2O4. The van der Waals surface area contributed by atoms with Crippen molar-refractivity contribution in [1.29, 1.82) is 0 Å². The number of nitrogens with zero attached hydrogens (tertiary/aromatic N) is 1. The number of hydrogen-bond acceptors (Lipinski definition) is 5. The van der Waals surface area contributed by atoms with E-state index in [1.165, 1.54) is 31.2 Å². The summed E-state index contributed by atoms with van der Waals surface area (Å²) in [7, 11) is 0. The van der Waals surface area contributed by atoms with Gasteiger partial charge in [0.25, 0.3) is 11.8 Å². The van der Waals surface area contributed by atoms with Crippen molar-refractivity contribution in [3.63, 3.8) is 0 Å². The lowest BCUT2D eigenvalue weighted by Crippen LogP contribution is -2.36. The molecule has 0 saturated carbocycles. The highest BCUT2D eigenvalue weighted by Crippen LogP contribution is 2.06. The number of imide groups is 1. The Balaban J connectivity index is 2.13. The van der Waals surface area contributed by atoms with E-state index in [2.05, 4.69) is 10.5 Å². The summed E-state index contributed by atoms with van der Waals surface area (Å²) < 4.78 is 0. The van der Waals surface area contributed by atoms with Gasteiger partial charge in [-0.05, 0) is 19.1 Å². The number of carbonyl (C=O) groups is 3. The van der Waals surface area contributed by atoms with Crippen molar-refractivity contribution in [2.45, 2.75) is 6.92 Å². The first-order chi connectivity index (χ1) is 11.0. The van der Waals surface area contributed by atoms with Crippen LogP contribution in [-0.4, -0.2) is 28.5 Å². The zero-order chi connectivity index (χ0) is 16.8. The largest absolute Gasteiger partial charge is 0.410 e. The average Bonchev–Trinajstić information content (AvgIpc) is 2.56. The van der Waals surface area contributed by atoms with Gasteiger partial charge in [0.1, 0.15) is 0 Å². The summed E-state index contributed by atoms with van der Waals surface area (Å²) in [5.41, 5.74) is 0.801. The van der Waals surface area contributed by atoms with Crippen LogP contribution >= 0.6 is 0 Å². The van der Waals surface area contributed by atoms with Gasteiger partial charge in [-0.25, -0.2) is 0 Å². The zero-order valence-corrected chi connectivity index (χ0v) is 12.3. The minimum absolute atomic E-state index is 0.119. The topological polar surface area (TPSA) is 95.8 Å². The first-order valence-corrected chi connectivity index (χ1v) is 6.77. The standard InChI is InChI=1S/C17H14N2O4/c1-11(20)12-7-9-14(10-8-12)16(21)18-17(22)15(19-23)13-5-3-2-4-6-13/h2-10,23H,1H3,(H,18,21,22). The Morgan fingerprint density at radius 2 is 1.43 bits per heavy atom. The summed E-state index contributed by atoms with van der Waals surface area (Å²) in [6.07, 6.45) is 0. The van der Waals surface area contributed by atoms with Crippen LogP contribution in [0, 0.1) is 0 Å². The molecule has 0 aromatic heterocycles. The highest BCUT2D eigenvalue weighted by atomic mass is 16.4. The average molecular weight is 310 g/mol. The van der Waals surface area contributed by atoms with Gasteiger partial charge in [-0.3, -0.25) is 19.7 Å². The Morgan fingerprint density at radius 1 is 0.870 bits per heavy atom. The number of oxime groups is 1. The Hall–Kier alpha value is -3.28. The molecule has 2 amide bonds. The second-order valence-corrected chi connectivity index (χ2v) is 4.73. The molecule has 0 atom stereocenters. The molecule has 2 aromatic rings. The monoisotopic (exact) mass is 310 g/mol. The van der Waals surface area contributed by atoms with Gasteiger partial charge in [0.15, 0.2) is 11.5 Å². The van der Waals surface area contributed by atoms with E-state index in [1.54, 1.807) is 30.3 Å². The fourth-order valence-electron chi connectivity index (χ4n) is 1.92. The normalized spacial score (nSPS) is 10.9. The van der Waals surface area contributed by atoms with Crippen molar-refractivity contribution in [2.24, 2.45) is 5.16 Å². The van der Waals surface area contributed by atoms with Gasteiger partial charge < -0.3 is 5.21 Å². The second-order valence-electron chi connectivity index (χ2n) is 4.73. The van der Waals surface area contributed by atoms with Gasteiger partial charge in [-0.15, -0.1) is 0 Å². The maximum atomic E-state index is 12.1. The van der Waals surface area contributed by atoms with Gasteiger partial charge in [0, 0.05) is 16.7 Å². The molecule has 0 aliphatic rings. The number of nitrogens with one attached hydrogen (secondary N) is 1. The summed E-state index contributed by atoms with van der Waals surface area (Å²) in [6, 6.07) is 14.2. The number of ketones is 1. The van der Waals surface area contributed by atoms with Crippen LogP contribution in [-0.2, 0) is 4.79 Å². The number of benzene rings is 2. The summed E-state index contributed by atoms with van der Waals surface area (Å²) in [6.45, 7) is 1.42. The van der Waals surface area contributed by atoms with Gasteiger partial charge in [0.2, 0.25) is 0 Å². The number of Topliss-reactive ketones (excluding diaryl/α,β-unsaturated/α-hetero) is 1. The minimum atomic E-state index is -0.820. The molecule has 116 valence electrons. The smallest absolute Gasteiger partial charge is 0.280 e. The molecule has 0 unspecified atom stereocenters. The maximum Gasteiger partial charge on any atom is 0.280 e. The van der Waals surface area contributed by atoms with Gasteiger partial charge >= 0.3 is 0 Å². The maximum absolute atomic E-state index is 12.1. The lowest BCUT2D eigenvalue weighted by molar-refractivity contribution is -0.114. The second kappa shape index (κ2) is 7.13. The van der Waals surface area contributed by atoms with Crippen LogP contribution in [0.1, 0.15) is 33.2 Å². The molecule has 0 bridgehead atoms. The number of amides is 2. The van der Waals surface area contributed by atoms with Crippen LogP contribution in [0.3, 0.4) is 0 Å². The molecular weight excluding hydrogens is 296 g/mol. The Labute approximate surface area is 132 Å². The molecule has 0 radical (unpaired) electrons. The predicted molar refractivity (Wildman–Crippen MR) is 83.7 cm³/mol. The van der Waals surface area contributed by atoms with Crippen molar-refractivity contribution in [3.8, 4) is 0 Å². The fourth-order valence-corrected chi connectivity index (χ4v) is 1.92. The van der Waals surface area contributed by atoms with Gasteiger partial charge in [-0.1, -0.05) is 47.6 Å². The van der Waals surface area contributed by atoms with Crippen LogP contribution in [0.5, 0.6) is 0 Å². The summed E-state index contributed by atoms with van der Waals surface area (Å²) >= 11 is 0. The van der Waals surface area contributed by atoms with Crippen molar-refractivity contribution < 1.29 is 19.6 Å². The van der Waals surface area contributed by atoms with Gasteiger partial charge in [-0.2, -0.15) is 0 Å². The van der Waals surface area contributed by atoms with Crippen LogP contribution in [0.4, 0.5) is 0 Å². The van der Waals surface area contributed by atoms with E-state index in [1.807, 2.05) is 0 Å². The quantitative estimate of drug-likeness (QED) is 0.391. The summed E-state index contributed by atoms with van der Waals surface area (Å²) in [5, 5.41) is 14.1. The molecule has 0 heterocycles. The Morgan fingerprint density at radius 3 is 1.96 bits per heavy atom. The Bertz CT molecular complexity index is 765. The van der Waals surface area contributed by atoms with Crippen molar-refractivity contribution in [3.05, 3.63) is 71.3 Å². The van der Waals surface area contributed by atoms with E-state index in [4.69, 9.17) is 5.21 Å². The molecule has 0 fully saturated rings. The molecule has 2 aromatic carbocycles. The van der Waals surface area contributed by atoms with E-state index in [0.717, 1.165) is 0 Å². The molecule has 2 rings (SSSR count). The number of hydrogen-bond donors (Lipinski definition) is 2. The fraction of sp³-hybridized carbons (Fsp3) is 0.0588. The third-order valence-corrected chi connectivity index (χ3v) is 3.14. The molecule has 2 N–H and O–H groups in total. The van der Waals surface area contributed by atoms with Crippen molar-refractivity contribution in [1.82, 2.24) is 5.32 Å². The number of carbonyl (C=O) groups excluding carboxylic acids is 3. The third kappa shape index (κ3) is 3.88. The van der Waals surface area contributed by atoms with E-state index < -0.39 is 11.8 Å². The van der Waals surface area contributed by atoms with Crippen LogP contribution in [0.15, 0.2) is 59.8 Å². The van der Waals surface area contributed by atoms with E-state index in [9.17, 15) is 14.4 Å². The summed E-state index contributed by atoms with van der Waals surface area (Å²) in [5.74, 6) is -1.59. The minimum Gasteiger partial charge on any atom is -0.410 e. The molecule has 0 saturated heterocycles. The van der Waals surface area contributed by atoms with Crippen LogP contribution in [0.25, 0.3) is 0 Å². The van der Waals surface area contributed by atoms with E-state index in [-0.39, 0.29) is 17.1 Å². The van der Waals surface area contributed by atoms with Crippen LogP contribution < -0.4 is 5.32 Å². The SMILES string of the molecule is CC(=O)c1ccc(C(=O)NC(=O)C(=NO)c2ccccc2)cc1. The van der Waals surface area contributed by atoms with E-state index in [0.29, 0.717) is 11.1 Å². The lowest BCUT2D eigenvalue weighted by Gasteiger charge is -2.06. The van der Waals surface area contributed by atoms with E-state index >= 15 is 0 Å². The highest BCUT2D eigenvalue weighted by Gasteiger charge is 2.18. The summed E-state index contributed by atoms with van der Waals surface area (Å²) in [4.78, 5) is 35.3. The molecule has 0 spiro atoms. The van der Waals surface area contributed by atoms with Crippen molar-refractivity contribution >= 4 is 23.3 Å². The molecule has 6 heteroatoms. The molecule has 6 nitrogen and oxygen atoms in total. The molecule has 0 aliphatic heterocycles. The Kier molecular flexibility index (Phi) is 4.99.